The lowest BCUT2D eigenvalue weighted by atomic mass is 9.94. The first kappa shape index (κ1) is 22.5. The van der Waals surface area contributed by atoms with Gasteiger partial charge in [0, 0.05) is 12.1 Å². The van der Waals surface area contributed by atoms with E-state index in [9.17, 15) is 0 Å². The second-order valence-electron chi connectivity index (χ2n) is 9.43. The van der Waals surface area contributed by atoms with E-state index in [1.54, 1.807) is 7.11 Å². The van der Waals surface area contributed by atoms with Gasteiger partial charge in [0.2, 0.25) is 9.04 Å². The molecule has 0 aromatic rings. The first-order valence-corrected chi connectivity index (χ1v) is 16.8. The number of methoxy groups -OCH3 is 1. The van der Waals surface area contributed by atoms with Crippen molar-refractivity contribution in [2.45, 2.75) is 96.7 Å². The van der Waals surface area contributed by atoms with Crippen molar-refractivity contribution < 1.29 is 13.3 Å². The average Bonchev–Trinajstić information content (AvgIpc) is 2.24. The minimum atomic E-state index is -1.92. The standard InChI is InChI=1S/C16H40O3Si3/c1-14(2,18-20(8)16(5,6)17-7)15(3,4)22(12,13)19-21(9,10)11/h20H,1-13H3. The fourth-order valence-electron chi connectivity index (χ4n) is 2.52. The molecule has 0 heterocycles. The van der Waals surface area contributed by atoms with Gasteiger partial charge in [0.15, 0.2) is 16.6 Å². The monoisotopic (exact) mass is 364 g/mol. The van der Waals surface area contributed by atoms with Crippen molar-refractivity contribution in [1.82, 2.24) is 0 Å². The van der Waals surface area contributed by atoms with E-state index in [1.165, 1.54) is 0 Å². The number of rotatable bonds is 8. The van der Waals surface area contributed by atoms with Crippen LogP contribution in [0.5, 0.6) is 0 Å². The number of hydrogen-bond acceptors (Lipinski definition) is 3. The Kier molecular flexibility index (Phi) is 6.96. The van der Waals surface area contributed by atoms with Crippen molar-refractivity contribution in [3.63, 3.8) is 0 Å². The molecule has 0 saturated carbocycles. The molecule has 0 bridgehead atoms. The van der Waals surface area contributed by atoms with E-state index < -0.39 is 25.7 Å². The average molecular weight is 365 g/mol. The Balaban J connectivity index is 5.40. The van der Waals surface area contributed by atoms with Crippen LogP contribution in [-0.2, 0) is 13.3 Å². The van der Waals surface area contributed by atoms with Gasteiger partial charge >= 0.3 is 0 Å². The van der Waals surface area contributed by atoms with Crippen LogP contribution >= 0.6 is 0 Å². The lowest BCUT2D eigenvalue weighted by Gasteiger charge is -2.53. The zero-order valence-corrected chi connectivity index (χ0v) is 20.5. The molecule has 0 fully saturated rings. The van der Waals surface area contributed by atoms with Gasteiger partial charge in [-0.2, -0.15) is 0 Å². The molecule has 1 atom stereocenters. The third-order valence-electron chi connectivity index (χ3n) is 5.55. The largest absolute Gasteiger partial charge is 0.455 e. The van der Waals surface area contributed by atoms with Crippen LogP contribution in [0.3, 0.4) is 0 Å². The predicted octanol–water partition coefficient (Wildman–Crippen LogP) is 4.94. The lowest BCUT2D eigenvalue weighted by molar-refractivity contribution is 0.0150. The molecule has 0 rings (SSSR count). The second kappa shape index (κ2) is 6.80. The molecule has 0 aromatic heterocycles. The Morgan fingerprint density at radius 3 is 1.55 bits per heavy atom. The van der Waals surface area contributed by atoms with Gasteiger partial charge in [-0.05, 0) is 67.0 Å². The molecule has 0 aromatic carbocycles. The molecule has 0 aliphatic heterocycles. The topological polar surface area (TPSA) is 27.7 Å². The van der Waals surface area contributed by atoms with Crippen LogP contribution in [-0.4, -0.2) is 43.6 Å². The molecule has 0 amide bonds. The molecule has 0 aliphatic rings. The van der Waals surface area contributed by atoms with Gasteiger partial charge in [0.1, 0.15) is 0 Å². The minimum absolute atomic E-state index is 0.00532. The molecule has 0 radical (unpaired) electrons. The van der Waals surface area contributed by atoms with E-state index in [1.807, 2.05) is 0 Å². The Morgan fingerprint density at radius 1 is 0.818 bits per heavy atom. The van der Waals surface area contributed by atoms with Crippen molar-refractivity contribution in [3.8, 4) is 0 Å². The zero-order valence-electron chi connectivity index (χ0n) is 17.3. The van der Waals surface area contributed by atoms with E-state index >= 15 is 0 Å². The molecule has 134 valence electrons. The Hall–Kier alpha value is 0.531. The first-order valence-electron chi connectivity index (χ1n) is 8.33. The summed E-state index contributed by atoms with van der Waals surface area (Å²) >= 11 is 0. The van der Waals surface area contributed by atoms with E-state index in [-0.39, 0.29) is 15.9 Å². The summed E-state index contributed by atoms with van der Waals surface area (Å²) in [6.45, 7) is 27.1. The van der Waals surface area contributed by atoms with Gasteiger partial charge in [0.05, 0.1) is 10.8 Å². The van der Waals surface area contributed by atoms with Crippen molar-refractivity contribution in [2.75, 3.05) is 7.11 Å². The first-order chi connectivity index (χ1) is 9.40. The maximum atomic E-state index is 6.65. The molecule has 0 spiro atoms. The summed E-state index contributed by atoms with van der Waals surface area (Å²) in [5.41, 5.74) is -0.232. The van der Waals surface area contributed by atoms with Crippen LogP contribution in [0.25, 0.3) is 0 Å². The summed E-state index contributed by atoms with van der Waals surface area (Å²) in [7, 11) is -3.22. The van der Waals surface area contributed by atoms with E-state index in [2.05, 4.69) is 80.8 Å². The van der Waals surface area contributed by atoms with Crippen molar-refractivity contribution in [1.29, 1.82) is 0 Å². The Morgan fingerprint density at radius 2 is 1.23 bits per heavy atom. The fraction of sp³-hybridized carbons (Fsp3) is 1.00. The summed E-state index contributed by atoms with van der Waals surface area (Å²) < 4.78 is 18.9. The van der Waals surface area contributed by atoms with Gasteiger partial charge in [-0.1, -0.05) is 13.8 Å². The zero-order chi connectivity index (χ0) is 18.2. The van der Waals surface area contributed by atoms with Crippen LogP contribution in [0.1, 0.15) is 41.5 Å². The van der Waals surface area contributed by atoms with Crippen molar-refractivity contribution in [2.24, 2.45) is 0 Å². The summed E-state index contributed by atoms with van der Waals surface area (Å²) in [5.74, 6) is 0. The highest BCUT2D eigenvalue weighted by Gasteiger charge is 2.54. The quantitative estimate of drug-likeness (QED) is 0.571. The van der Waals surface area contributed by atoms with Crippen LogP contribution < -0.4 is 0 Å². The van der Waals surface area contributed by atoms with Crippen molar-refractivity contribution >= 4 is 25.7 Å². The Labute approximate surface area is 143 Å². The van der Waals surface area contributed by atoms with E-state index in [0.29, 0.717) is 0 Å². The van der Waals surface area contributed by atoms with Gasteiger partial charge < -0.3 is 13.3 Å². The minimum Gasteiger partial charge on any atom is -0.455 e. The predicted molar refractivity (Wildman–Crippen MR) is 105 cm³/mol. The smallest absolute Gasteiger partial charge is 0.205 e. The van der Waals surface area contributed by atoms with Crippen molar-refractivity contribution in [3.05, 3.63) is 0 Å². The molecule has 0 saturated heterocycles. The molecular weight excluding hydrogens is 324 g/mol. The third kappa shape index (κ3) is 5.28. The number of ether oxygens (including phenoxy) is 1. The number of hydrogen-bond donors (Lipinski definition) is 0. The Bertz CT molecular complexity index is 371. The molecular formula is C16H40O3Si3. The SMILES string of the molecule is COC(C)(C)[SiH](C)OC(C)(C)C(C)(C)[Si](C)(C)O[Si](C)(C)C. The van der Waals surface area contributed by atoms with Gasteiger partial charge in [-0.3, -0.25) is 0 Å². The highest BCUT2D eigenvalue weighted by atomic mass is 28.4. The third-order valence-corrected chi connectivity index (χ3v) is 16.8. The van der Waals surface area contributed by atoms with Gasteiger partial charge in [0.25, 0.3) is 0 Å². The second-order valence-corrected chi connectivity index (χ2v) is 21.7. The van der Waals surface area contributed by atoms with E-state index in [0.717, 1.165) is 0 Å². The van der Waals surface area contributed by atoms with Crippen LogP contribution in [0.4, 0.5) is 0 Å². The van der Waals surface area contributed by atoms with Crippen LogP contribution in [0, 0.1) is 0 Å². The van der Waals surface area contributed by atoms with Crippen LogP contribution in [0.2, 0.25) is 44.3 Å². The maximum absolute atomic E-state index is 6.65. The summed E-state index contributed by atoms with van der Waals surface area (Å²) in [5, 5.41) is -0.163. The molecule has 1 unspecified atom stereocenters. The lowest BCUT2D eigenvalue weighted by Crippen LogP contribution is -2.60. The van der Waals surface area contributed by atoms with E-state index in [4.69, 9.17) is 13.3 Å². The van der Waals surface area contributed by atoms with Gasteiger partial charge in [-0.15, -0.1) is 0 Å². The molecule has 22 heavy (non-hydrogen) atoms. The highest BCUT2D eigenvalue weighted by Crippen LogP contribution is 2.50. The summed E-state index contributed by atoms with van der Waals surface area (Å²) in [4.78, 5) is 0. The summed E-state index contributed by atoms with van der Waals surface area (Å²) in [6, 6.07) is 0. The fourth-order valence-corrected chi connectivity index (χ4v) is 13.1. The highest BCUT2D eigenvalue weighted by molar-refractivity contribution is 6.86. The van der Waals surface area contributed by atoms with Gasteiger partial charge in [-0.25, -0.2) is 0 Å². The van der Waals surface area contributed by atoms with Crippen LogP contribution in [0.15, 0.2) is 0 Å². The molecule has 0 aliphatic carbocycles. The molecule has 3 nitrogen and oxygen atoms in total. The molecule has 0 N–H and O–H groups in total. The normalized spacial score (nSPS) is 16.8. The summed E-state index contributed by atoms with van der Waals surface area (Å²) in [6.07, 6.45) is 0. The maximum Gasteiger partial charge on any atom is 0.205 e. The molecule has 6 heteroatoms.